The average molecular weight is 222 g/mol. The predicted molar refractivity (Wildman–Crippen MR) is 63.7 cm³/mol. The Bertz CT molecular complexity index is 380. The van der Waals surface area contributed by atoms with Crippen LogP contribution in [0.3, 0.4) is 0 Å². The zero-order valence-corrected chi connectivity index (χ0v) is 9.53. The van der Waals surface area contributed by atoms with E-state index in [-0.39, 0.29) is 6.04 Å². The molecule has 4 heteroatoms. The molecule has 0 saturated heterocycles. The lowest BCUT2D eigenvalue weighted by molar-refractivity contribution is 0.171. The predicted octanol–water partition coefficient (Wildman–Crippen LogP) is 1.84. The molecule has 88 valence electrons. The van der Waals surface area contributed by atoms with Gasteiger partial charge in [-0.2, -0.15) is 0 Å². The Morgan fingerprint density at radius 2 is 1.88 bits per heavy atom. The lowest BCUT2D eigenvalue weighted by Gasteiger charge is -2.22. The van der Waals surface area contributed by atoms with Gasteiger partial charge >= 0.3 is 0 Å². The maximum absolute atomic E-state index is 6.06. The molecule has 0 fully saturated rings. The molecule has 1 aliphatic rings. The van der Waals surface area contributed by atoms with Crippen LogP contribution in [0.25, 0.3) is 0 Å². The fourth-order valence-electron chi connectivity index (χ4n) is 1.91. The van der Waals surface area contributed by atoms with E-state index in [4.69, 9.17) is 20.9 Å². The first-order valence-electron chi connectivity index (χ1n) is 5.67. The zero-order chi connectivity index (χ0) is 11.5. The maximum atomic E-state index is 6.06. The van der Waals surface area contributed by atoms with E-state index in [1.54, 1.807) is 6.07 Å². The van der Waals surface area contributed by atoms with Crippen molar-refractivity contribution in [2.24, 2.45) is 5.73 Å². The molecule has 2 rings (SSSR count). The standard InChI is InChI=1S/C12H18N2O2/c1-2-3-9(13)8-6-11-12(7-10(8)14)16-5-4-15-11/h6-7,9H,2-5,13-14H2,1H3. The van der Waals surface area contributed by atoms with Crippen LogP contribution < -0.4 is 20.9 Å². The van der Waals surface area contributed by atoms with Crippen LogP contribution >= 0.6 is 0 Å². The Morgan fingerprint density at radius 1 is 1.25 bits per heavy atom. The second kappa shape index (κ2) is 4.61. The Hall–Kier alpha value is -1.42. The summed E-state index contributed by atoms with van der Waals surface area (Å²) in [7, 11) is 0. The number of rotatable bonds is 3. The van der Waals surface area contributed by atoms with Gasteiger partial charge in [-0.15, -0.1) is 0 Å². The van der Waals surface area contributed by atoms with Crippen LogP contribution in [-0.2, 0) is 0 Å². The van der Waals surface area contributed by atoms with Gasteiger partial charge in [0.05, 0.1) is 0 Å². The summed E-state index contributed by atoms with van der Waals surface area (Å²) >= 11 is 0. The Kier molecular flexibility index (Phi) is 3.19. The van der Waals surface area contributed by atoms with Crippen molar-refractivity contribution in [3.8, 4) is 11.5 Å². The number of nitrogens with two attached hydrogens (primary N) is 2. The highest BCUT2D eigenvalue weighted by Crippen LogP contribution is 2.36. The Morgan fingerprint density at radius 3 is 2.50 bits per heavy atom. The van der Waals surface area contributed by atoms with Gasteiger partial charge in [0.2, 0.25) is 0 Å². The number of benzene rings is 1. The summed E-state index contributed by atoms with van der Waals surface area (Å²) in [6.45, 7) is 3.26. The molecule has 0 spiro atoms. The SMILES string of the molecule is CCCC(N)c1cc2c(cc1N)OCCO2. The van der Waals surface area contributed by atoms with Crippen LogP contribution in [0.1, 0.15) is 31.4 Å². The van der Waals surface area contributed by atoms with Crippen molar-refractivity contribution in [2.75, 3.05) is 18.9 Å². The molecule has 1 aliphatic heterocycles. The number of nitrogen functional groups attached to an aromatic ring is 1. The van der Waals surface area contributed by atoms with Gasteiger partial charge in [-0.1, -0.05) is 13.3 Å². The normalized spacial score (nSPS) is 15.9. The molecular weight excluding hydrogens is 204 g/mol. The molecule has 1 unspecified atom stereocenters. The van der Waals surface area contributed by atoms with Crippen molar-refractivity contribution >= 4 is 5.69 Å². The van der Waals surface area contributed by atoms with Gasteiger partial charge in [0.1, 0.15) is 13.2 Å². The molecule has 0 radical (unpaired) electrons. The second-order valence-corrected chi connectivity index (χ2v) is 4.02. The van der Waals surface area contributed by atoms with E-state index in [0.717, 1.165) is 29.9 Å². The second-order valence-electron chi connectivity index (χ2n) is 4.02. The summed E-state index contributed by atoms with van der Waals surface area (Å²) in [5.74, 6) is 1.47. The van der Waals surface area contributed by atoms with Crippen LogP contribution in [0.15, 0.2) is 12.1 Å². The monoisotopic (exact) mass is 222 g/mol. The minimum absolute atomic E-state index is 0.0270. The van der Waals surface area contributed by atoms with E-state index in [9.17, 15) is 0 Å². The molecule has 0 amide bonds. The lowest BCUT2D eigenvalue weighted by atomic mass is 10.0. The minimum atomic E-state index is -0.0270. The fraction of sp³-hybridized carbons (Fsp3) is 0.500. The van der Waals surface area contributed by atoms with Crippen LogP contribution in [-0.4, -0.2) is 13.2 Å². The number of hydrogen-bond donors (Lipinski definition) is 2. The quantitative estimate of drug-likeness (QED) is 0.765. The van der Waals surface area contributed by atoms with Gasteiger partial charge in [-0.25, -0.2) is 0 Å². The van der Waals surface area contributed by atoms with Crippen molar-refractivity contribution in [3.63, 3.8) is 0 Å². The molecule has 0 aromatic heterocycles. The highest BCUT2D eigenvalue weighted by atomic mass is 16.6. The molecule has 1 atom stereocenters. The van der Waals surface area contributed by atoms with Crippen molar-refractivity contribution in [1.29, 1.82) is 0 Å². The Labute approximate surface area is 95.5 Å². The van der Waals surface area contributed by atoms with E-state index in [1.807, 2.05) is 6.07 Å². The molecule has 0 bridgehead atoms. The zero-order valence-electron chi connectivity index (χ0n) is 9.53. The molecule has 16 heavy (non-hydrogen) atoms. The smallest absolute Gasteiger partial charge is 0.163 e. The first kappa shape index (κ1) is 11.1. The van der Waals surface area contributed by atoms with Gasteiger partial charge in [0.15, 0.2) is 11.5 Å². The molecule has 1 aromatic rings. The van der Waals surface area contributed by atoms with Gasteiger partial charge < -0.3 is 20.9 Å². The fourth-order valence-corrected chi connectivity index (χ4v) is 1.91. The molecule has 4 nitrogen and oxygen atoms in total. The third-order valence-electron chi connectivity index (χ3n) is 2.75. The summed E-state index contributed by atoms with van der Waals surface area (Å²) in [6, 6.07) is 3.68. The van der Waals surface area contributed by atoms with E-state index < -0.39 is 0 Å². The third-order valence-corrected chi connectivity index (χ3v) is 2.75. The van der Waals surface area contributed by atoms with Gasteiger partial charge in [-0.3, -0.25) is 0 Å². The van der Waals surface area contributed by atoms with Crippen LogP contribution in [0.5, 0.6) is 11.5 Å². The van der Waals surface area contributed by atoms with Crippen molar-refractivity contribution < 1.29 is 9.47 Å². The van der Waals surface area contributed by atoms with E-state index in [0.29, 0.717) is 18.9 Å². The summed E-state index contributed by atoms with van der Waals surface area (Å²) in [4.78, 5) is 0. The van der Waals surface area contributed by atoms with Crippen molar-refractivity contribution in [1.82, 2.24) is 0 Å². The topological polar surface area (TPSA) is 70.5 Å². The van der Waals surface area contributed by atoms with Crippen LogP contribution in [0.4, 0.5) is 5.69 Å². The number of fused-ring (bicyclic) bond motifs is 1. The molecule has 0 aliphatic carbocycles. The van der Waals surface area contributed by atoms with Crippen LogP contribution in [0, 0.1) is 0 Å². The maximum Gasteiger partial charge on any atom is 0.163 e. The minimum Gasteiger partial charge on any atom is -0.486 e. The number of ether oxygens (including phenoxy) is 2. The van der Waals surface area contributed by atoms with Gasteiger partial charge in [0, 0.05) is 17.8 Å². The van der Waals surface area contributed by atoms with Crippen LogP contribution in [0.2, 0.25) is 0 Å². The summed E-state index contributed by atoms with van der Waals surface area (Å²) in [5.41, 5.74) is 13.7. The lowest BCUT2D eigenvalue weighted by Crippen LogP contribution is -2.18. The first-order chi connectivity index (χ1) is 7.72. The van der Waals surface area contributed by atoms with Gasteiger partial charge in [0.25, 0.3) is 0 Å². The molecular formula is C12H18N2O2. The van der Waals surface area contributed by atoms with E-state index in [2.05, 4.69) is 6.92 Å². The highest BCUT2D eigenvalue weighted by molar-refractivity contribution is 5.59. The number of hydrogen-bond acceptors (Lipinski definition) is 4. The molecule has 1 heterocycles. The Balaban J connectivity index is 2.31. The molecule has 1 aromatic carbocycles. The van der Waals surface area contributed by atoms with E-state index >= 15 is 0 Å². The number of anilines is 1. The summed E-state index contributed by atoms with van der Waals surface area (Å²) in [5, 5.41) is 0. The van der Waals surface area contributed by atoms with E-state index in [1.165, 1.54) is 0 Å². The van der Waals surface area contributed by atoms with Crippen molar-refractivity contribution in [2.45, 2.75) is 25.8 Å². The molecule has 0 saturated carbocycles. The largest absolute Gasteiger partial charge is 0.486 e. The molecule has 4 N–H and O–H groups in total. The first-order valence-corrected chi connectivity index (χ1v) is 5.67. The third kappa shape index (κ3) is 2.07. The summed E-state index contributed by atoms with van der Waals surface area (Å²) < 4.78 is 11.0. The average Bonchev–Trinajstić information content (AvgIpc) is 2.28. The highest BCUT2D eigenvalue weighted by Gasteiger charge is 2.17. The van der Waals surface area contributed by atoms with Crippen molar-refractivity contribution in [3.05, 3.63) is 17.7 Å². The van der Waals surface area contributed by atoms with Gasteiger partial charge in [-0.05, 0) is 18.1 Å². The summed E-state index contributed by atoms with van der Waals surface area (Å²) in [6.07, 6.45) is 1.96.